The average molecular weight is 322 g/mol. The molecule has 2 aromatic rings. The van der Waals surface area contributed by atoms with Crippen molar-refractivity contribution in [1.82, 2.24) is 4.90 Å². The van der Waals surface area contributed by atoms with Gasteiger partial charge in [-0.15, -0.1) is 11.3 Å². The Labute approximate surface area is 135 Å². The van der Waals surface area contributed by atoms with Gasteiger partial charge in [0.1, 0.15) is 0 Å². The van der Waals surface area contributed by atoms with E-state index < -0.39 is 0 Å². The van der Waals surface area contributed by atoms with Crippen molar-refractivity contribution in [1.29, 1.82) is 0 Å². The summed E-state index contributed by atoms with van der Waals surface area (Å²) in [4.78, 5) is 15.7. The highest BCUT2D eigenvalue weighted by atomic mass is 35.5. The van der Waals surface area contributed by atoms with Gasteiger partial charge >= 0.3 is 0 Å². The maximum absolute atomic E-state index is 12.5. The Hall–Kier alpha value is -1.16. The lowest BCUT2D eigenvalue weighted by Crippen LogP contribution is -2.35. The van der Waals surface area contributed by atoms with E-state index >= 15 is 0 Å². The highest BCUT2D eigenvalue weighted by molar-refractivity contribution is 7.16. The van der Waals surface area contributed by atoms with E-state index in [4.69, 9.17) is 11.6 Å². The molecule has 0 amide bonds. The topological polar surface area (TPSA) is 20.3 Å². The predicted octanol–water partition coefficient (Wildman–Crippen LogP) is 4.67. The molecular weight excluding hydrogens is 302 g/mol. The third kappa shape index (κ3) is 4.16. The molecule has 1 aromatic heterocycles. The molecule has 2 nitrogen and oxygen atoms in total. The van der Waals surface area contributed by atoms with Crippen LogP contribution in [0.25, 0.3) is 0 Å². The molecule has 2 rings (SSSR count). The second-order valence-electron chi connectivity index (χ2n) is 5.21. The number of ketones is 1. The summed E-state index contributed by atoms with van der Waals surface area (Å²) in [5, 5.41) is 0. The number of carbonyl (C=O) groups is 1. The summed E-state index contributed by atoms with van der Waals surface area (Å²) in [5.41, 5.74) is 2.02. The van der Waals surface area contributed by atoms with E-state index in [0.717, 1.165) is 22.9 Å². The molecule has 0 aliphatic heterocycles. The lowest BCUT2D eigenvalue weighted by molar-refractivity contribution is 0.0863. The molecule has 0 N–H and O–H groups in total. The van der Waals surface area contributed by atoms with Crippen LogP contribution in [0.15, 0.2) is 36.4 Å². The van der Waals surface area contributed by atoms with Crippen molar-refractivity contribution < 1.29 is 4.79 Å². The van der Waals surface area contributed by atoms with Crippen molar-refractivity contribution in [2.75, 3.05) is 7.05 Å². The maximum atomic E-state index is 12.5. The molecule has 0 aliphatic rings. The SMILES string of the molecule is CCc1ccc(C(=O)C(C)N(C)Cc2ccc(Cl)s2)cc1. The van der Waals surface area contributed by atoms with Crippen molar-refractivity contribution >= 4 is 28.7 Å². The largest absolute Gasteiger partial charge is 0.292 e. The van der Waals surface area contributed by atoms with Gasteiger partial charge in [-0.05, 0) is 38.1 Å². The molecule has 0 radical (unpaired) electrons. The molecule has 0 spiro atoms. The predicted molar refractivity (Wildman–Crippen MR) is 90.4 cm³/mol. The fraction of sp³-hybridized carbons (Fsp3) is 0.353. The van der Waals surface area contributed by atoms with E-state index in [1.807, 2.05) is 50.4 Å². The van der Waals surface area contributed by atoms with Crippen molar-refractivity contribution in [2.45, 2.75) is 32.9 Å². The molecule has 21 heavy (non-hydrogen) atoms. The summed E-state index contributed by atoms with van der Waals surface area (Å²) in [6.07, 6.45) is 0.989. The number of carbonyl (C=O) groups excluding carboxylic acids is 1. The molecule has 1 unspecified atom stereocenters. The maximum Gasteiger partial charge on any atom is 0.179 e. The van der Waals surface area contributed by atoms with Gasteiger partial charge in [-0.1, -0.05) is 42.8 Å². The number of Topliss-reactive ketones (excluding diaryl/α,β-unsaturated/α-hetero) is 1. The number of aryl methyl sites for hydroxylation is 1. The van der Waals surface area contributed by atoms with Crippen LogP contribution in [0.4, 0.5) is 0 Å². The van der Waals surface area contributed by atoms with Crippen molar-refractivity contribution in [3.8, 4) is 0 Å². The monoisotopic (exact) mass is 321 g/mol. The van der Waals surface area contributed by atoms with E-state index in [1.54, 1.807) is 11.3 Å². The lowest BCUT2D eigenvalue weighted by Gasteiger charge is -2.23. The molecule has 1 heterocycles. The first-order chi connectivity index (χ1) is 10.0. The third-order valence-corrected chi connectivity index (χ3v) is 4.94. The van der Waals surface area contributed by atoms with E-state index in [2.05, 4.69) is 11.8 Å². The molecule has 4 heteroatoms. The van der Waals surface area contributed by atoms with Crippen LogP contribution in [0.1, 0.15) is 34.6 Å². The molecule has 0 saturated heterocycles. The van der Waals surface area contributed by atoms with Crippen LogP contribution in [-0.2, 0) is 13.0 Å². The van der Waals surface area contributed by atoms with Crippen LogP contribution in [0.3, 0.4) is 0 Å². The summed E-state index contributed by atoms with van der Waals surface area (Å²) in [6, 6.07) is 11.7. The van der Waals surface area contributed by atoms with Gasteiger partial charge in [-0.25, -0.2) is 0 Å². The number of rotatable bonds is 6. The molecule has 112 valence electrons. The van der Waals surface area contributed by atoms with Gasteiger partial charge in [-0.2, -0.15) is 0 Å². The smallest absolute Gasteiger partial charge is 0.179 e. The van der Waals surface area contributed by atoms with Crippen LogP contribution >= 0.6 is 22.9 Å². The molecule has 0 saturated carbocycles. The highest BCUT2D eigenvalue weighted by Crippen LogP contribution is 2.23. The highest BCUT2D eigenvalue weighted by Gasteiger charge is 2.20. The van der Waals surface area contributed by atoms with Crippen molar-refractivity contribution in [3.05, 3.63) is 56.7 Å². The zero-order chi connectivity index (χ0) is 15.4. The molecule has 0 aliphatic carbocycles. The summed E-state index contributed by atoms with van der Waals surface area (Å²) in [6.45, 7) is 4.79. The Morgan fingerprint density at radius 2 is 1.90 bits per heavy atom. The molecule has 1 aromatic carbocycles. The van der Waals surface area contributed by atoms with E-state index in [1.165, 1.54) is 10.4 Å². The van der Waals surface area contributed by atoms with Crippen molar-refractivity contribution in [3.63, 3.8) is 0 Å². The number of halogens is 1. The Morgan fingerprint density at radius 3 is 2.43 bits per heavy atom. The van der Waals surface area contributed by atoms with Gasteiger partial charge in [0.05, 0.1) is 10.4 Å². The van der Waals surface area contributed by atoms with Crippen LogP contribution in [-0.4, -0.2) is 23.8 Å². The Bertz CT molecular complexity index is 606. The molecule has 0 bridgehead atoms. The van der Waals surface area contributed by atoms with Gasteiger partial charge in [0.25, 0.3) is 0 Å². The van der Waals surface area contributed by atoms with E-state index in [-0.39, 0.29) is 11.8 Å². The standard InChI is InChI=1S/C17H20ClNOS/c1-4-13-5-7-14(8-6-13)17(20)12(2)19(3)11-15-9-10-16(18)21-15/h5-10,12H,4,11H2,1-3H3. The first kappa shape index (κ1) is 16.2. The molecule has 1 atom stereocenters. The zero-order valence-corrected chi connectivity index (χ0v) is 14.2. The van der Waals surface area contributed by atoms with Crippen LogP contribution in [0.5, 0.6) is 0 Å². The van der Waals surface area contributed by atoms with Gasteiger partial charge in [0.2, 0.25) is 0 Å². The first-order valence-electron chi connectivity index (χ1n) is 7.09. The Kier molecular flexibility index (Phi) is 5.57. The van der Waals surface area contributed by atoms with Gasteiger partial charge in [-0.3, -0.25) is 9.69 Å². The van der Waals surface area contributed by atoms with Gasteiger partial charge < -0.3 is 0 Å². The number of benzene rings is 1. The fourth-order valence-corrected chi connectivity index (χ4v) is 3.32. The second kappa shape index (κ2) is 7.21. The minimum atomic E-state index is -0.154. The van der Waals surface area contributed by atoms with Gasteiger partial charge in [0.15, 0.2) is 5.78 Å². The minimum absolute atomic E-state index is 0.154. The number of hydrogen-bond acceptors (Lipinski definition) is 3. The van der Waals surface area contributed by atoms with Gasteiger partial charge in [0, 0.05) is 17.0 Å². The quantitative estimate of drug-likeness (QED) is 0.721. The Balaban J connectivity index is 2.03. The first-order valence-corrected chi connectivity index (χ1v) is 8.28. The lowest BCUT2D eigenvalue weighted by atomic mass is 10.0. The molecular formula is C17H20ClNOS. The fourth-order valence-electron chi connectivity index (χ4n) is 2.17. The number of hydrogen-bond donors (Lipinski definition) is 0. The van der Waals surface area contributed by atoms with Crippen LogP contribution in [0.2, 0.25) is 4.34 Å². The normalized spacial score (nSPS) is 12.6. The number of thiophene rings is 1. The second-order valence-corrected chi connectivity index (χ2v) is 7.01. The number of nitrogens with zero attached hydrogens (tertiary/aromatic N) is 1. The minimum Gasteiger partial charge on any atom is -0.292 e. The van der Waals surface area contributed by atoms with E-state index in [9.17, 15) is 4.79 Å². The zero-order valence-electron chi connectivity index (χ0n) is 12.6. The van der Waals surface area contributed by atoms with Crippen molar-refractivity contribution in [2.24, 2.45) is 0 Å². The summed E-state index contributed by atoms with van der Waals surface area (Å²) < 4.78 is 0.785. The average Bonchev–Trinajstić information content (AvgIpc) is 2.90. The molecule has 0 fully saturated rings. The van der Waals surface area contributed by atoms with Crippen LogP contribution < -0.4 is 0 Å². The van der Waals surface area contributed by atoms with E-state index in [0.29, 0.717) is 0 Å². The van der Waals surface area contributed by atoms with Crippen LogP contribution in [0, 0.1) is 0 Å². The summed E-state index contributed by atoms with van der Waals surface area (Å²) in [7, 11) is 1.97. The Morgan fingerprint density at radius 1 is 1.24 bits per heavy atom. The number of likely N-dealkylation sites (N-methyl/N-ethyl adjacent to an activating group) is 1. The summed E-state index contributed by atoms with van der Waals surface area (Å²) >= 11 is 7.50. The third-order valence-electron chi connectivity index (χ3n) is 3.72. The summed E-state index contributed by atoms with van der Waals surface area (Å²) in [5.74, 6) is 0.155.